The van der Waals surface area contributed by atoms with Crippen LogP contribution in [0.15, 0.2) is 42.7 Å². The highest BCUT2D eigenvalue weighted by Gasteiger charge is 2.20. The van der Waals surface area contributed by atoms with Gasteiger partial charge in [-0.2, -0.15) is 0 Å². The van der Waals surface area contributed by atoms with E-state index in [1.165, 1.54) is 30.6 Å². The Morgan fingerprint density at radius 2 is 2.00 bits per heavy atom. The summed E-state index contributed by atoms with van der Waals surface area (Å²) in [5.74, 6) is -0.692. The number of aromatic nitrogens is 2. The second-order valence-electron chi connectivity index (χ2n) is 6.14. The molecule has 0 spiro atoms. The molecule has 11 heteroatoms. The summed E-state index contributed by atoms with van der Waals surface area (Å²) in [6.45, 7) is 0.189. The highest BCUT2D eigenvalue weighted by molar-refractivity contribution is 6.35. The average Bonchev–Trinajstić information content (AvgIpc) is 2.71. The van der Waals surface area contributed by atoms with Gasteiger partial charge in [0.15, 0.2) is 11.6 Å². The molecule has 0 saturated carbocycles. The van der Waals surface area contributed by atoms with Crippen molar-refractivity contribution in [2.45, 2.75) is 6.54 Å². The van der Waals surface area contributed by atoms with Gasteiger partial charge in [-0.25, -0.2) is 19.2 Å². The third kappa shape index (κ3) is 4.12. The van der Waals surface area contributed by atoms with Gasteiger partial charge >= 0.3 is 6.03 Å². The van der Waals surface area contributed by atoms with Crippen molar-refractivity contribution >= 4 is 46.6 Å². The molecule has 0 fully saturated rings. The Bertz CT molecular complexity index is 1170. The van der Waals surface area contributed by atoms with Gasteiger partial charge in [-0.1, -0.05) is 23.2 Å². The number of benzene rings is 1. The number of hydrogen-bond acceptors (Lipinski definition) is 5. The lowest BCUT2D eigenvalue weighted by atomic mass is 10.2. The molecule has 8 nitrogen and oxygen atoms in total. The molecule has 4 rings (SSSR count). The van der Waals surface area contributed by atoms with Crippen LogP contribution in [0.25, 0.3) is 0 Å². The summed E-state index contributed by atoms with van der Waals surface area (Å²) in [7, 11) is 0. The molecule has 3 amide bonds. The first-order valence-corrected chi connectivity index (χ1v) is 9.29. The van der Waals surface area contributed by atoms with Gasteiger partial charge in [0, 0.05) is 24.1 Å². The Labute approximate surface area is 179 Å². The van der Waals surface area contributed by atoms with E-state index in [1.807, 2.05) is 0 Å². The molecular formula is C19H12Cl2FN5O3. The van der Waals surface area contributed by atoms with E-state index in [0.29, 0.717) is 17.1 Å². The van der Waals surface area contributed by atoms with Crippen molar-refractivity contribution in [1.29, 1.82) is 0 Å². The summed E-state index contributed by atoms with van der Waals surface area (Å²) in [5, 5.41) is 7.89. The Hall–Kier alpha value is -3.43. The average molecular weight is 448 g/mol. The Morgan fingerprint density at radius 3 is 2.80 bits per heavy atom. The maximum absolute atomic E-state index is 14.6. The number of anilines is 2. The third-order valence-corrected chi connectivity index (χ3v) is 4.64. The highest BCUT2D eigenvalue weighted by atomic mass is 35.5. The van der Waals surface area contributed by atoms with Gasteiger partial charge in [-0.15, -0.1) is 0 Å². The van der Waals surface area contributed by atoms with Crippen LogP contribution in [0.5, 0.6) is 11.5 Å². The van der Waals surface area contributed by atoms with E-state index in [-0.39, 0.29) is 39.8 Å². The molecule has 0 bridgehead atoms. The molecule has 3 aromatic rings. The van der Waals surface area contributed by atoms with Gasteiger partial charge in [0.25, 0.3) is 5.91 Å². The number of pyridine rings is 2. The minimum Gasteiger partial charge on any atom is -0.454 e. The van der Waals surface area contributed by atoms with Crippen molar-refractivity contribution < 1.29 is 18.7 Å². The second kappa shape index (κ2) is 8.13. The van der Waals surface area contributed by atoms with Crippen molar-refractivity contribution in [2.75, 3.05) is 10.6 Å². The van der Waals surface area contributed by atoms with Gasteiger partial charge in [0.2, 0.25) is 0 Å². The molecule has 1 aliphatic heterocycles. The van der Waals surface area contributed by atoms with E-state index >= 15 is 0 Å². The second-order valence-corrected chi connectivity index (χ2v) is 6.93. The Kier molecular flexibility index (Phi) is 5.39. The van der Waals surface area contributed by atoms with Crippen molar-refractivity contribution in [2.24, 2.45) is 0 Å². The minimum absolute atomic E-state index is 0.0273. The van der Waals surface area contributed by atoms with Crippen LogP contribution in [-0.2, 0) is 6.54 Å². The SMILES string of the molecule is O=C1NCc2c(Oc3ccc(NC(=O)c4cc(Cl)cnc4Cl)cc3F)ccnc2N1. The number of rotatable bonds is 4. The van der Waals surface area contributed by atoms with Crippen molar-refractivity contribution in [3.8, 4) is 11.5 Å². The molecule has 0 aliphatic carbocycles. The molecule has 3 heterocycles. The zero-order chi connectivity index (χ0) is 21.3. The monoisotopic (exact) mass is 447 g/mol. The molecule has 1 aliphatic rings. The number of amides is 3. The van der Waals surface area contributed by atoms with E-state index in [4.69, 9.17) is 27.9 Å². The van der Waals surface area contributed by atoms with Crippen LogP contribution in [0.2, 0.25) is 10.2 Å². The van der Waals surface area contributed by atoms with E-state index in [9.17, 15) is 14.0 Å². The minimum atomic E-state index is -0.707. The first kappa shape index (κ1) is 19.9. The lowest BCUT2D eigenvalue weighted by Crippen LogP contribution is -2.34. The van der Waals surface area contributed by atoms with E-state index < -0.39 is 11.7 Å². The quantitative estimate of drug-likeness (QED) is 0.506. The lowest BCUT2D eigenvalue weighted by molar-refractivity contribution is 0.102. The van der Waals surface area contributed by atoms with E-state index in [0.717, 1.165) is 6.07 Å². The first-order chi connectivity index (χ1) is 14.4. The third-order valence-electron chi connectivity index (χ3n) is 4.13. The Morgan fingerprint density at radius 1 is 1.17 bits per heavy atom. The molecule has 0 saturated heterocycles. The summed E-state index contributed by atoms with van der Waals surface area (Å²) in [6.07, 6.45) is 2.75. The molecule has 0 atom stereocenters. The first-order valence-electron chi connectivity index (χ1n) is 8.53. The molecule has 152 valence electrons. The van der Waals surface area contributed by atoms with Crippen molar-refractivity contribution in [1.82, 2.24) is 15.3 Å². The summed E-state index contributed by atoms with van der Waals surface area (Å²) in [5.41, 5.74) is 0.825. The van der Waals surface area contributed by atoms with Gasteiger partial charge in [0.05, 0.1) is 22.7 Å². The van der Waals surface area contributed by atoms with Crippen LogP contribution in [0, 0.1) is 5.82 Å². The molecule has 3 N–H and O–H groups in total. The van der Waals surface area contributed by atoms with Crippen LogP contribution in [-0.4, -0.2) is 21.9 Å². The summed E-state index contributed by atoms with van der Waals surface area (Å²) in [6, 6.07) is 6.47. The number of halogens is 3. The number of hydrogen-bond donors (Lipinski definition) is 3. The molecule has 2 aromatic heterocycles. The number of fused-ring (bicyclic) bond motifs is 1. The van der Waals surface area contributed by atoms with Crippen molar-refractivity contribution in [3.63, 3.8) is 0 Å². The number of urea groups is 1. The van der Waals surface area contributed by atoms with Crippen LogP contribution in [0.1, 0.15) is 15.9 Å². The number of nitrogens with one attached hydrogen (secondary N) is 3. The smallest absolute Gasteiger partial charge is 0.320 e. The zero-order valence-corrected chi connectivity index (χ0v) is 16.5. The standard InChI is InChI=1S/C19H12Cl2FN5O3/c20-9-5-11(16(21)24-7-9)18(28)26-10-1-2-15(13(22)6-10)30-14-3-4-23-17-12(14)8-25-19(29)27-17/h1-7H,8H2,(H,26,28)(H2,23,25,27,29). The van der Waals surface area contributed by atoms with Gasteiger partial charge in [-0.3, -0.25) is 10.1 Å². The van der Waals surface area contributed by atoms with Crippen molar-refractivity contribution in [3.05, 3.63) is 69.8 Å². The predicted octanol–water partition coefficient (Wildman–Crippen LogP) is 4.60. The molecule has 0 unspecified atom stereocenters. The number of nitrogens with zero attached hydrogens (tertiary/aromatic N) is 2. The number of carbonyl (C=O) groups excluding carboxylic acids is 2. The molecule has 0 radical (unpaired) electrons. The summed E-state index contributed by atoms with van der Waals surface area (Å²) < 4.78 is 20.2. The highest BCUT2D eigenvalue weighted by Crippen LogP contribution is 2.33. The largest absolute Gasteiger partial charge is 0.454 e. The maximum atomic E-state index is 14.6. The Balaban J connectivity index is 1.53. The van der Waals surface area contributed by atoms with E-state index in [1.54, 1.807) is 6.07 Å². The fraction of sp³-hybridized carbons (Fsp3) is 0.0526. The fourth-order valence-electron chi connectivity index (χ4n) is 2.73. The number of carbonyl (C=O) groups is 2. The van der Waals surface area contributed by atoms with Gasteiger partial charge in [0.1, 0.15) is 16.7 Å². The fourth-order valence-corrected chi connectivity index (χ4v) is 3.08. The zero-order valence-electron chi connectivity index (χ0n) is 15.0. The lowest BCUT2D eigenvalue weighted by Gasteiger charge is -2.20. The van der Waals surface area contributed by atoms with Crippen LogP contribution in [0.4, 0.5) is 20.7 Å². The van der Waals surface area contributed by atoms with E-state index in [2.05, 4.69) is 25.9 Å². The predicted molar refractivity (Wildman–Crippen MR) is 109 cm³/mol. The number of ether oxygens (including phenoxy) is 1. The normalized spacial score (nSPS) is 12.4. The molecule has 30 heavy (non-hydrogen) atoms. The molecule has 1 aromatic carbocycles. The molecular weight excluding hydrogens is 436 g/mol. The van der Waals surface area contributed by atoms with Crippen LogP contribution in [0.3, 0.4) is 0 Å². The van der Waals surface area contributed by atoms with Crippen LogP contribution >= 0.6 is 23.2 Å². The topological polar surface area (TPSA) is 105 Å². The van der Waals surface area contributed by atoms with Gasteiger partial charge < -0.3 is 15.4 Å². The van der Waals surface area contributed by atoms with Crippen LogP contribution < -0.4 is 20.7 Å². The van der Waals surface area contributed by atoms with Gasteiger partial charge in [-0.05, 0) is 24.3 Å². The summed E-state index contributed by atoms with van der Waals surface area (Å²) >= 11 is 11.7. The maximum Gasteiger partial charge on any atom is 0.320 e. The summed E-state index contributed by atoms with van der Waals surface area (Å²) in [4.78, 5) is 31.6.